The van der Waals surface area contributed by atoms with Crippen LogP contribution in [-0.2, 0) is 14.3 Å². The van der Waals surface area contributed by atoms with E-state index < -0.39 is 30.1 Å². The van der Waals surface area contributed by atoms with Crippen molar-refractivity contribution in [1.29, 1.82) is 0 Å². The van der Waals surface area contributed by atoms with Gasteiger partial charge in [-0.25, -0.2) is 10.3 Å². The van der Waals surface area contributed by atoms with E-state index in [1.54, 1.807) is 67.6 Å². The Morgan fingerprint density at radius 2 is 1.77 bits per heavy atom. The van der Waals surface area contributed by atoms with Crippen molar-refractivity contribution in [1.82, 2.24) is 10.8 Å². The molecule has 10 heteroatoms. The van der Waals surface area contributed by atoms with Gasteiger partial charge in [-0.15, -0.1) is 0 Å². The lowest BCUT2D eigenvalue weighted by atomic mass is 10.00. The topological polar surface area (TPSA) is 143 Å². The number of imide groups is 1. The number of aliphatic hydroxyl groups is 1. The summed E-state index contributed by atoms with van der Waals surface area (Å²) < 4.78 is 16.9. The standard InChI is InChI=1S/C25H30N2O8/c1-2-33-21(10-6-7-11-22(29)27-32)23(18-12-14-20(15-13-18)34-17-16-28)35-25(31)26-24(30)19-8-4-3-5-9-19/h3-5,7-9,11-15,21,23,28,32H,2,6,10,16-17H2,1H3,(H,27,29)(H,26,30,31)/b11-7+/t21-,23-/m0/s1. The lowest BCUT2D eigenvalue weighted by molar-refractivity contribution is -0.124. The molecular formula is C25H30N2O8. The van der Waals surface area contributed by atoms with Crippen molar-refractivity contribution in [2.75, 3.05) is 19.8 Å². The zero-order chi connectivity index (χ0) is 25.5. The average Bonchev–Trinajstić information content (AvgIpc) is 2.88. The van der Waals surface area contributed by atoms with Crippen molar-refractivity contribution in [3.63, 3.8) is 0 Å². The summed E-state index contributed by atoms with van der Waals surface area (Å²) in [6, 6.07) is 15.0. The van der Waals surface area contributed by atoms with Gasteiger partial charge in [0.2, 0.25) is 0 Å². The molecule has 0 aliphatic rings. The summed E-state index contributed by atoms with van der Waals surface area (Å²) >= 11 is 0. The molecule has 188 valence electrons. The third-order valence-corrected chi connectivity index (χ3v) is 4.77. The van der Waals surface area contributed by atoms with Crippen molar-refractivity contribution >= 4 is 17.9 Å². The van der Waals surface area contributed by atoms with Crippen LogP contribution in [0.25, 0.3) is 0 Å². The Hall–Kier alpha value is -3.73. The average molecular weight is 487 g/mol. The molecule has 2 aromatic carbocycles. The Balaban J connectivity index is 2.20. The van der Waals surface area contributed by atoms with Crippen LogP contribution in [0.3, 0.4) is 0 Å². The summed E-state index contributed by atoms with van der Waals surface area (Å²) in [4.78, 5) is 36.2. The monoisotopic (exact) mass is 486 g/mol. The molecule has 0 saturated carbocycles. The van der Waals surface area contributed by atoms with Crippen molar-refractivity contribution in [3.05, 3.63) is 77.9 Å². The van der Waals surface area contributed by atoms with E-state index in [9.17, 15) is 14.4 Å². The van der Waals surface area contributed by atoms with Gasteiger partial charge in [0.05, 0.1) is 12.7 Å². The van der Waals surface area contributed by atoms with Crippen LogP contribution >= 0.6 is 0 Å². The molecule has 0 saturated heterocycles. The summed E-state index contributed by atoms with van der Waals surface area (Å²) in [7, 11) is 0. The summed E-state index contributed by atoms with van der Waals surface area (Å²) in [6.45, 7) is 2.13. The Kier molecular flexibility index (Phi) is 12.0. The number of alkyl carbamates (subject to hydrolysis) is 1. The number of carbonyl (C=O) groups is 3. The van der Waals surface area contributed by atoms with Crippen LogP contribution in [0.1, 0.15) is 41.8 Å². The van der Waals surface area contributed by atoms with Gasteiger partial charge < -0.3 is 19.3 Å². The van der Waals surface area contributed by atoms with Crippen LogP contribution < -0.4 is 15.5 Å². The predicted molar refractivity (Wildman–Crippen MR) is 126 cm³/mol. The second-order valence-electron chi connectivity index (χ2n) is 7.24. The van der Waals surface area contributed by atoms with E-state index in [-0.39, 0.29) is 13.2 Å². The van der Waals surface area contributed by atoms with Crippen molar-refractivity contribution in [2.45, 2.75) is 32.0 Å². The van der Waals surface area contributed by atoms with Gasteiger partial charge in [-0.05, 0) is 49.6 Å². The molecule has 0 spiro atoms. The number of allylic oxidation sites excluding steroid dienone is 1. The molecule has 0 bridgehead atoms. The SMILES string of the molecule is CCO[C@@H](CC/C=C/C(=O)NO)[C@@H](OC(=O)NC(=O)c1ccccc1)c1ccc(OCCO)cc1. The van der Waals surface area contributed by atoms with Crippen LogP contribution in [0.15, 0.2) is 66.7 Å². The van der Waals surface area contributed by atoms with E-state index in [2.05, 4.69) is 5.32 Å². The Morgan fingerprint density at radius 1 is 1.06 bits per heavy atom. The largest absolute Gasteiger partial charge is 0.491 e. The van der Waals surface area contributed by atoms with Crippen molar-refractivity contribution in [3.8, 4) is 5.75 Å². The van der Waals surface area contributed by atoms with E-state index >= 15 is 0 Å². The number of ether oxygens (including phenoxy) is 3. The molecule has 35 heavy (non-hydrogen) atoms. The van der Waals surface area contributed by atoms with Gasteiger partial charge in [-0.3, -0.25) is 20.1 Å². The van der Waals surface area contributed by atoms with Gasteiger partial charge >= 0.3 is 6.09 Å². The fourth-order valence-corrected chi connectivity index (χ4v) is 3.20. The molecule has 10 nitrogen and oxygen atoms in total. The molecule has 2 rings (SSSR count). The number of hydrogen-bond donors (Lipinski definition) is 4. The van der Waals surface area contributed by atoms with E-state index in [0.29, 0.717) is 36.3 Å². The zero-order valence-corrected chi connectivity index (χ0v) is 19.4. The first kappa shape index (κ1) is 27.5. The number of hydroxylamine groups is 1. The van der Waals surface area contributed by atoms with Crippen molar-refractivity contribution < 1.29 is 38.9 Å². The van der Waals surface area contributed by atoms with Gasteiger partial charge in [-0.1, -0.05) is 36.4 Å². The Morgan fingerprint density at radius 3 is 2.40 bits per heavy atom. The van der Waals surface area contributed by atoms with Gasteiger partial charge in [-0.2, -0.15) is 0 Å². The third-order valence-electron chi connectivity index (χ3n) is 4.77. The van der Waals surface area contributed by atoms with Crippen molar-refractivity contribution in [2.24, 2.45) is 0 Å². The first-order valence-corrected chi connectivity index (χ1v) is 11.1. The number of carbonyl (C=O) groups excluding carboxylic acids is 3. The molecule has 4 N–H and O–H groups in total. The minimum absolute atomic E-state index is 0.128. The quantitative estimate of drug-likeness (QED) is 0.192. The number of rotatable bonds is 13. The van der Waals surface area contributed by atoms with Gasteiger partial charge in [0.1, 0.15) is 12.4 Å². The Labute approximate surface area is 203 Å². The van der Waals surface area contributed by atoms with E-state index in [1.807, 2.05) is 0 Å². The highest BCUT2D eigenvalue weighted by Gasteiger charge is 2.28. The highest BCUT2D eigenvalue weighted by molar-refractivity contribution is 6.02. The smallest absolute Gasteiger partial charge is 0.414 e. The maximum atomic E-state index is 12.6. The summed E-state index contributed by atoms with van der Waals surface area (Å²) in [5, 5.41) is 19.8. The lowest BCUT2D eigenvalue weighted by Gasteiger charge is -2.27. The molecule has 0 aliphatic carbocycles. The normalized spacial score (nSPS) is 12.5. The molecule has 0 aliphatic heterocycles. The van der Waals surface area contributed by atoms with Crippen LogP contribution in [0.2, 0.25) is 0 Å². The maximum Gasteiger partial charge on any atom is 0.414 e. The predicted octanol–water partition coefficient (Wildman–Crippen LogP) is 2.91. The Bertz CT molecular complexity index is 963. The fourth-order valence-electron chi connectivity index (χ4n) is 3.20. The number of benzene rings is 2. The number of hydrogen-bond acceptors (Lipinski definition) is 8. The third kappa shape index (κ3) is 9.57. The highest BCUT2D eigenvalue weighted by atomic mass is 16.6. The summed E-state index contributed by atoms with van der Waals surface area (Å²) in [6.07, 6.45) is 1.06. The van der Waals surface area contributed by atoms with Gasteiger partial charge in [0.25, 0.3) is 11.8 Å². The number of nitrogens with one attached hydrogen (secondary N) is 2. The van der Waals surface area contributed by atoms with E-state index in [1.165, 1.54) is 11.6 Å². The minimum atomic E-state index is -0.940. The molecule has 2 aromatic rings. The van der Waals surface area contributed by atoms with Crippen LogP contribution in [0.5, 0.6) is 5.75 Å². The molecule has 0 fully saturated rings. The molecule has 0 heterocycles. The summed E-state index contributed by atoms with van der Waals surface area (Å²) in [5.41, 5.74) is 2.41. The molecule has 0 unspecified atom stereocenters. The lowest BCUT2D eigenvalue weighted by Crippen LogP contribution is -2.35. The number of amides is 3. The first-order chi connectivity index (χ1) is 17.0. The molecule has 2 atom stereocenters. The van der Waals surface area contributed by atoms with Gasteiger partial charge in [0, 0.05) is 18.2 Å². The second kappa shape index (κ2) is 15.2. The van der Waals surface area contributed by atoms with E-state index in [4.69, 9.17) is 24.5 Å². The van der Waals surface area contributed by atoms with Crippen LogP contribution in [0.4, 0.5) is 4.79 Å². The fraction of sp³-hybridized carbons (Fsp3) is 0.320. The second-order valence-corrected chi connectivity index (χ2v) is 7.24. The molecule has 0 radical (unpaired) electrons. The molecule has 0 aromatic heterocycles. The summed E-state index contributed by atoms with van der Waals surface area (Å²) in [5.74, 6) is -0.743. The van der Waals surface area contributed by atoms with E-state index in [0.717, 1.165) is 0 Å². The van der Waals surface area contributed by atoms with Crippen LogP contribution in [-0.4, -0.2) is 54.1 Å². The van der Waals surface area contributed by atoms with Crippen LogP contribution in [0, 0.1) is 0 Å². The highest BCUT2D eigenvalue weighted by Crippen LogP contribution is 2.29. The first-order valence-electron chi connectivity index (χ1n) is 11.1. The molecule has 3 amide bonds. The zero-order valence-electron chi connectivity index (χ0n) is 19.4. The number of aliphatic hydroxyl groups excluding tert-OH is 1. The minimum Gasteiger partial charge on any atom is -0.491 e. The maximum absolute atomic E-state index is 12.6. The van der Waals surface area contributed by atoms with Gasteiger partial charge in [0.15, 0.2) is 6.10 Å². The molecular weight excluding hydrogens is 456 g/mol.